The van der Waals surface area contributed by atoms with Crippen LogP contribution in [0.1, 0.15) is 28.9 Å². The third-order valence-electron chi connectivity index (χ3n) is 6.38. The van der Waals surface area contributed by atoms with Gasteiger partial charge in [-0.2, -0.15) is 13.2 Å². The summed E-state index contributed by atoms with van der Waals surface area (Å²) in [6.45, 7) is 4.20. The van der Waals surface area contributed by atoms with E-state index in [0.717, 1.165) is 43.0 Å². The van der Waals surface area contributed by atoms with Gasteiger partial charge in [-0.05, 0) is 60.0 Å². The quantitative estimate of drug-likeness (QED) is 0.504. The highest BCUT2D eigenvalue weighted by atomic mass is 19.4. The van der Waals surface area contributed by atoms with Crippen LogP contribution >= 0.6 is 0 Å². The van der Waals surface area contributed by atoms with Crippen LogP contribution in [-0.2, 0) is 0 Å². The van der Waals surface area contributed by atoms with E-state index < -0.39 is 18.6 Å². The van der Waals surface area contributed by atoms with Crippen molar-refractivity contribution in [2.45, 2.75) is 19.1 Å². The molecule has 1 atom stereocenters. The summed E-state index contributed by atoms with van der Waals surface area (Å²) >= 11 is 0. The number of aromatic hydroxyl groups is 1. The summed E-state index contributed by atoms with van der Waals surface area (Å²) in [5.74, 6) is -0.486. The molecule has 1 saturated heterocycles. The van der Waals surface area contributed by atoms with Gasteiger partial charge in [-0.3, -0.25) is 9.69 Å². The van der Waals surface area contributed by atoms with Crippen LogP contribution in [0.5, 0.6) is 5.75 Å². The third-order valence-corrected chi connectivity index (χ3v) is 6.38. The van der Waals surface area contributed by atoms with Crippen molar-refractivity contribution in [3.63, 3.8) is 0 Å². The number of phenols is 1. The summed E-state index contributed by atoms with van der Waals surface area (Å²) in [4.78, 5) is 16.5. The van der Waals surface area contributed by atoms with Crippen molar-refractivity contribution in [3.05, 3.63) is 83.9 Å². The van der Waals surface area contributed by atoms with E-state index in [1.807, 2.05) is 17.4 Å². The van der Waals surface area contributed by atoms with E-state index in [2.05, 4.69) is 41.0 Å². The van der Waals surface area contributed by atoms with E-state index in [-0.39, 0.29) is 17.4 Å². The largest absolute Gasteiger partial charge is 0.508 e. The van der Waals surface area contributed by atoms with Gasteiger partial charge in [0.15, 0.2) is 0 Å². The molecule has 35 heavy (non-hydrogen) atoms. The molecule has 3 aromatic rings. The Kier molecular flexibility index (Phi) is 7.31. The minimum Gasteiger partial charge on any atom is -0.508 e. The normalized spacial score (nSPS) is 15.6. The molecule has 4 rings (SSSR count). The van der Waals surface area contributed by atoms with Crippen molar-refractivity contribution < 1.29 is 23.1 Å². The first-order valence-electron chi connectivity index (χ1n) is 11.5. The third kappa shape index (κ3) is 6.33. The Hall–Kier alpha value is -3.52. The molecule has 0 spiro atoms. The maximum atomic E-state index is 12.3. The second-order valence-corrected chi connectivity index (χ2v) is 8.72. The molecule has 5 nitrogen and oxygen atoms in total. The maximum absolute atomic E-state index is 12.3. The van der Waals surface area contributed by atoms with Gasteiger partial charge >= 0.3 is 6.18 Å². The molecule has 2 N–H and O–H groups in total. The zero-order chi connectivity index (χ0) is 25.0. The lowest BCUT2D eigenvalue weighted by atomic mass is 10.00. The van der Waals surface area contributed by atoms with Crippen LogP contribution in [0.15, 0.2) is 72.8 Å². The number of hydrogen-bond acceptors (Lipinski definition) is 4. The fraction of sp³-hybridized carbons (Fsp3) is 0.296. The number of benzene rings is 3. The van der Waals surface area contributed by atoms with Crippen LogP contribution in [0.3, 0.4) is 0 Å². The molecule has 3 aromatic carbocycles. The van der Waals surface area contributed by atoms with Crippen molar-refractivity contribution in [1.82, 2.24) is 10.2 Å². The molecule has 0 bridgehead atoms. The smallest absolute Gasteiger partial charge is 0.405 e. The Morgan fingerprint density at radius 1 is 0.943 bits per heavy atom. The minimum atomic E-state index is -4.43. The Labute approximate surface area is 202 Å². The molecular weight excluding hydrogens is 455 g/mol. The van der Waals surface area contributed by atoms with Crippen LogP contribution in [0.25, 0.3) is 11.1 Å². The van der Waals surface area contributed by atoms with Crippen molar-refractivity contribution in [2.24, 2.45) is 0 Å². The van der Waals surface area contributed by atoms with E-state index in [9.17, 15) is 23.1 Å². The molecule has 0 aromatic heterocycles. The number of piperazine rings is 1. The Balaban J connectivity index is 1.31. The molecule has 0 radical (unpaired) electrons. The Morgan fingerprint density at radius 3 is 2.20 bits per heavy atom. The maximum Gasteiger partial charge on any atom is 0.405 e. The monoisotopic (exact) mass is 483 g/mol. The van der Waals surface area contributed by atoms with Gasteiger partial charge in [0.2, 0.25) is 0 Å². The topological polar surface area (TPSA) is 55.8 Å². The summed E-state index contributed by atoms with van der Waals surface area (Å²) in [7, 11) is 0. The van der Waals surface area contributed by atoms with Gasteiger partial charge in [0.1, 0.15) is 12.3 Å². The first kappa shape index (κ1) is 24.6. The molecule has 1 amide bonds. The minimum absolute atomic E-state index is 0.208. The highest BCUT2D eigenvalue weighted by molar-refractivity contribution is 5.94. The molecule has 8 heteroatoms. The number of halogens is 3. The molecule has 1 aliphatic heterocycles. The van der Waals surface area contributed by atoms with Gasteiger partial charge in [0.05, 0.1) is 0 Å². The second kappa shape index (κ2) is 10.4. The predicted molar refractivity (Wildman–Crippen MR) is 131 cm³/mol. The number of carbonyl (C=O) groups excluding carboxylic acids is 1. The number of anilines is 1. The zero-order valence-electron chi connectivity index (χ0n) is 19.4. The summed E-state index contributed by atoms with van der Waals surface area (Å²) in [5.41, 5.74) is 4.40. The lowest BCUT2D eigenvalue weighted by Gasteiger charge is -2.39. The summed E-state index contributed by atoms with van der Waals surface area (Å²) in [6.07, 6.45) is -4.43. The highest BCUT2D eigenvalue weighted by Crippen LogP contribution is 2.28. The van der Waals surface area contributed by atoms with Crippen LogP contribution in [0.2, 0.25) is 0 Å². The van der Waals surface area contributed by atoms with Gasteiger partial charge in [0.25, 0.3) is 5.91 Å². The average Bonchev–Trinajstić information content (AvgIpc) is 2.87. The molecule has 0 aliphatic carbocycles. The van der Waals surface area contributed by atoms with Gasteiger partial charge in [-0.15, -0.1) is 0 Å². The van der Waals surface area contributed by atoms with Crippen LogP contribution < -0.4 is 10.2 Å². The molecule has 0 saturated carbocycles. The van der Waals surface area contributed by atoms with Gasteiger partial charge in [0, 0.05) is 43.5 Å². The SMILES string of the molecule is CC(c1ccc(-c2cccc(O)c2)cc1)N1CCN(c2ccc(C(=O)NCC(F)(F)F)cc2)CC1. The molecule has 1 aliphatic rings. The first-order valence-corrected chi connectivity index (χ1v) is 11.5. The standard InChI is InChI=1S/C27H28F3N3O2/c1-19(20-5-7-21(8-6-20)23-3-2-4-25(34)17-23)32-13-15-33(16-14-32)24-11-9-22(10-12-24)26(35)31-18-27(28,29)30/h2-12,17,19,34H,13-16,18H2,1H3,(H,31,35). The fourth-order valence-corrected chi connectivity index (χ4v) is 4.32. The lowest BCUT2D eigenvalue weighted by molar-refractivity contribution is -0.123. The number of nitrogens with zero attached hydrogens (tertiary/aromatic N) is 2. The Morgan fingerprint density at radius 2 is 1.60 bits per heavy atom. The predicted octanol–water partition coefficient (Wildman–Crippen LogP) is 5.23. The fourth-order valence-electron chi connectivity index (χ4n) is 4.32. The Bertz CT molecular complexity index is 1140. The lowest BCUT2D eigenvalue weighted by Crippen LogP contribution is -2.47. The number of amides is 1. The summed E-state index contributed by atoms with van der Waals surface area (Å²) in [6, 6.07) is 22.5. The van der Waals surface area contributed by atoms with Crippen molar-refractivity contribution in [2.75, 3.05) is 37.6 Å². The van der Waals surface area contributed by atoms with E-state index in [4.69, 9.17) is 0 Å². The average molecular weight is 484 g/mol. The van der Waals surface area contributed by atoms with Crippen LogP contribution in [0, 0.1) is 0 Å². The van der Waals surface area contributed by atoms with Crippen molar-refractivity contribution in [1.29, 1.82) is 0 Å². The summed E-state index contributed by atoms with van der Waals surface area (Å²) in [5, 5.41) is 11.6. The molecule has 1 heterocycles. The zero-order valence-corrected chi connectivity index (χ0v) is 19.4. The number of alkyl halides is 3. The summed E-state index contributed by atoms with van der Waals surface area (Å²) < 4.78 is 36.9. The van der Waals surface area contributed by atoms with E-state index in [0.29, 0.717) is 0 Å². The van der Waals surface area contributed by atoms with Gasteiger partial charge < -0.3 is 15.3 Å². The van der Waals surface area contributed by atoms with Gasteiger partial charge in [-0.1, -0.05) is 36.4 Å². The number of nitrogens with one attached hydrogen (secondary N) is 1. The number of carbonyl (C=O) groups is 1. The first-order chi connectivity index (χ1) is 16.7. The van der Waals surface area contributed by atoms with E-state index >= 15 is 0 Å². The van der Waals surface area contributed by atoms with Crippen molar-refractivity contribution >= 4 is 11.6 Å². The van der Waals surface area contributed by atoms with Crippen molar-refractivity contribution in [3.8, 4) is 16.9 Å². The molecule has 1 fully saturated rings. The molecular formula is C27H28F3N3O2. The highest BCUT2D eigenvalue weighted by Gasteiger charge is 2.28. The van der Waals surface area contributed by atoms with Gasteiger partial charge in [-0.25, -0.2) is 0 Å². The van der Waals surface area contributed by atoms with Crippen LogP contribution in [0.4, 0.5) is 18.9 Å². The number of rotatable bonds is 6. The van der Waals surface area contributed by atoms with E-state index in [1.165, 1.54) is 5.56 Å². The van der Waals surface area contributed by atoms with Crippen LogP contribution in [-0.4, -0.2) is 54.8 Å². The number of phenolic OH excluding ortho intramolecular Hbond substituents is 1. The number of hydrogen-bond donors (Lipinski definition) is 2. The van der Waals surface area contributed by atoms with E-state index in [1.54, 1.807) is 36.4 Å². The molecule has 1 unspecified atom stereocenters. The second-order valence-electron chi connectivity index (χ2n) is 8.72. The molecule has 184 valence electrons.